The van der Waals surface area contributed by atoms with Gasteiger partial charge in [-0.3, -0.25) is 14.4 Å². The molecule has 42 heavy (non-hydrogen) atoms. The van der Waals surface area contributed by atoms with Crippen LogP contribution in [0.4, 0.5) is 5.69 Å². The Hall–Kier alpha value is -3.93. The maximum Gasteiger partial charge on any atom is 0.234 e. The quantitative estimate of drug-likeness (QED) is 0.318. The van der Waals surface area contributed by atoms with E-state index >= 15 is 0 Å². The highest BCUT2D eigenvalue weighted by Crippen LogP contribution is 2.56. The number of carbonyl (C=O) groups excluding carboxylic acids is 3. The minimum absolute atomic E-state index is 0.0736. The van der Waals surface area contributed by atoms with Gasteiger partial charge in [0.1, 0.15) is 11.3 Å². The lowest BCUT2D eigenvalue weighted by molar-refractivity contribution is -0.133. The van der Waals surface area contributed by atoms with E-state index in [4.69, 9.17) is 21.9 Å². The number of likely N-dealkylation sites (tertiary alicyclic amines) is 1. The molecule has 2 aromatic carbocycles. The maximum atomic E-state index is 14.1. The first-order valence-corrected chi connectivity index (χ1v) is 15.1. The van der Waals surface area contributed by atoms with E-state index in [9.17, 15) is 14.4 Å². The molecular weight excluding hydrogens is 552 g/mol. The van der Waals surface area contributed by atoms with Crippen LogP contribution in [0, 0.1) is 0 Å². The van der Waals surface area contributed by atoms with Crippen molar-refractivity contribution in [2.45, 2.75) is 59.9 Å². The molecule has 2 amide bonds. The normalized spacial score (nSPS) is 26.5. The number of rotatable bonds is 6. The van der Waals surface area contributed by atoms with Gasteiger partial charge in [0.05, 0.1) is 11.3 Å². The van der Waals surface area contributed by atoms with Gasteiger partial charge in [-0.25, -0.2) is 4.98 Å². The summed E-state index contributed by atoms with van der Waals surface area (Å²) in [4.78, 5) is 46.8. The zero-order chi connectivity index (χ0) is 29.6. The van der Waals surface area contributed by atoms with Gasteiger partial charge in [0.15, 0.2) is 5.78 Å². The molecule has 0 saturated carbocycles. The van der Waals surface area contributed by atoms with Gasteiger partial charge in [0, 0.05) is 54.3 Å². The molecule has 1 aromatic heterocycles. The number of anilines is 1. The molecule has 0 spiro atoms. The number of piperidine rings is 1. The Balaban J connectivity index is 1.29. The second-order valence-corrected chi connectivity index (χ2v) is 12.2. The second kappa shape index (κ2) is 11.0. The van der Waals surface area contributed by atoms with E-state index in [1.807, 2.05) is 13.0 Å². The minimum Gasteiger partial charge on any atom is -0.439 e. The van der Waals surface area contributed by atoms with Gasteiger partial charge in [-0.1, -0.05) is 31.2 Å². The number of hydrogen-bond acceptors (Lipinski definition) is 9. The molecule has 1 aliphatic carbocycles. The van der Waals surface area contributed by atoms with E-state index in [0.717, 1.165) is 23.3 Å². The number of nitrogen functional groups attached to an aromatic ring is 1. The van der Waals surface area contributed by atoms with E-state index in [-0.39, 0.29) is 23.6 Å². The number of pyridine rings is 1. The third-order valence-corrected chi connectivity index (χ3v) is 9.94. The van der Waals surface area contributed by atoms with Crippen LogP contribution >= 0.6 is 11.8 Å². The van der Waals surface area contributed by atoms with Crippen molar-refractivity contribution in [2.75, 3.05) is 18.8 Å². The average Bonchev–Trinajstić information content (AvgIpc) is 3.42. The van der Waals surface area contributed by atoms with Gasteiger partial charge in [-0.15, -0.1) is 11.8 Å². The third-order valence-electron chi connectivity index (χ3n) is 8.49. The standard InChI is InChI=1S/C31H34N6O4S/c1-2-23(38)37-15-5-6-18(16-37)36-30(40)28-25-24-20(12-13-21(32)27(24)42-28)31(34,29(39)26(25)33)17-8-10-19(11-9-17)41-22-7-3-4-14-35-22/h3-4,7-14,18,25-26,28H,2,5-6,15-16,32-34H2,1H3,(H,36,40). The van der Waals surface area contributed by atoms with Crippen molar-refractivity contribution < 1.29 is 19.1 Å². The molecule has 7 N–H and O–H groups in total. The first-order chi connectivity index (χ1) is 20.2. The molecule has 3 aromatic rings. The molecule has 11 heteroatoms. The fourth-order valence-electron chi connectivity index (χ4n) is 6.36. The van der Waals surface area contributed by atoms with Crippen molar-refractivity contribution in [3.05, 3.63) is 77.5 Å². The molecule has 5 atom stereocenters. The Kier molecular flexibility index (Phi) is 7.42. The van der Waals surface area contributed by atoms with Crippen LogP contribution < -0.4 is 27.3 Å². The number of amides is 2. The van der Waals surface area contributed by atoms with Gasteiger partial charge < -0.3 is 32.2 Å². The first kappa shape index (κ1) is 28.2. The highest BCUT2D eigenvalue weighted by Gasteiger charge is 2.56. The molecular formula is C31H34N6O4S. The predicted octanol–water partition coefficient (Wildman–Crippen LogP) is 2.64. The number of aromatic nitrogens is 1. The Labute approximate surface area is 248 Å². The van der Waals surface area contributed by atoms with Gasteiger partial charge >= 0.3 is 0 Å². The summed E-state index contributed by atoms with van der Waals surface area (Å²) in [6, 6.07) is 14.7. The van der Waals surface area contributed by atoms with Crippen LogP contribution in [0.2, 0.25) is 0 Å². The topological polar surface area (TPSA) is 167 Å². The van der Waals surface area contributed by atoms with Crippen LogP contribution in [0.1, 0.15) is 48.8 Å². The summed E-state index contributed by atoms with van der Waals surface area (Å²) in [5.41, 5.74) is 21.0. The molecule has 10 nitrogen and oxygen atoms in total. The fraction of sp³-hybridized carbons (Fsp3) is 0.355. The molecule has 218 valence electrons. The number of benzene rings is 2. The van der Waals surface area contributed by atoms with Crippen molar-refractivity contribution >= 4 is 35.0 Å². The molecule has 1 fully saturated rings. The molecule has 0 bridgehead atoms. The van der Waals surface area contributed by atoms with Crippen LogP contribution in [0.3, 0.4) is 0 Å². The number of nitrogens with two attached hydrogens (primary N) is 3. The van der Waals surface area contributed by atoms with Crippen LogP contribution in [-0.4, -0.2) is 57.9 Å². The minimum atomic E-state index is -1.53. The third kappa shape index (κ3) is 4.71. The molecule has 1 saturated heterocycles. The van der Waals surface area contributed by atoms with Gasteiger partial charge in [0.25, 0.3) is 0 Å². The van der Waals surface area contributed by atoms with E-state index in [2.05, 4.69) is 10.3 Å². The number of ketones is 1. The van der Waals surface area contributed by atoms with Crippen LogP contribution in [0.25, 0.3) is 0 Å². The molecule has 3 heterocycles. The van der Waals surface area contributed by atoms with Crippen molar-refractivity contribution in [2.24, 2.45) is 11.5 Å². The largest absolute Gasteiger partial charge is 0.439 e. The van der Waals surface area contributed by atoms with E-state index in [0.29, 0.717) is 48.0 Å². The monoisotopic (exact) mass is 586 g/mol. The molecule has 3 aliphatic rings. The highest BCUT2D eigenvalue weighted by molar-refractivity contribution is 8.01. The zero-order valence-electron chi connectivity index (χ0n) is 23.3. The Morgan fingerprint density at radius 3 is 2.67 bits per heavy atom. The van der Waals surface area contributed by atoms with Gasteiger partial charge in [-0.2, -0.15) is 0 Å². The van der Waals surface area contributed by atoms with Gasteiger partial charge in [0.2, 0.25) is 17.7 Å². The summed E-state index contributed by atoms with van der Waals surface area (Å²) in [7, 11) is 0. The Morgan fingerprint density at radius 1 is 1.17 bits per heavy atom. The average molecular weight is 587 g/mol. The summed E-state index contributed by atoms with van der Waals surface area (Å²) < 4.78 is 5.81. The number of hydrogen-bond donors (Lipinski definition) is 4. The summed E-state index contributed by atoms with van der Waals surface area (Å²) >= 11 is 1.33. The van der Waals surface area contributed by atoms with Crippen molar-refractivity contribution in [1.29, 1.82) is 0 Å². The number of nitrogens with one attached hydrogen (secondary N) is 1. The van der Waals surface area contributed by atoms with Crippen molar-refractivity contribution in [3.63, 3.8) is 0 Å². The van der Waals surface area contributed by atoms with Crippen molar-refractivity contribution in [3.8, 4) is 11.6 Å². The molecule has 6 rings (SSSR count). The van der Waals surface area contributed by atoms with Crippen molar-refractivity contribution in [1.82, 2.24) is 15.2 Å². The number of Topliss-reactive ketones (excluding diaryl/α,β-unsaturated/α-hetero) is 1. The zero-order valence-corrected chi connectivity index (χ0v) is 24.1. The summed E-state index contributed by atoms with van der Waals surface area (Å²) in [6.45, 7) is 3.00. The van der Waals surface area contributed by atoms with E-state index in [1.54, 1.807) is 59.6 Å². The lowest BCUT2D eigenvalue weighted by Crippen LogP contribution is -2.61. The highest BCUT2D eigenvalue weighted by atomic mass is 32.2. The number of carbonyl (C=O) groups is 3. The number of ether oxygens (including phenoxy) is 1. The van der Waals surface area contributed by atoms with Crippen LogP contribution in [-0.2, 0) is 19.9 Å². The van der Waals surface area contributed by atoms with E-state index < -0.39 is 22.7 Å². The van der Waals surface area contributed by atoms with Crippen LogP contribution in [0.5, 0.6) is 11.6 Å². The lowest BCUT2D eigenvalue weighted by atomic mass is 9.65. The Morgan fingerprint density at radius 2 is 1.95 bits per heavy atom. The summed E-state index contributed by atoms with van der Waals surface area (Å²) in [5.74, 6) is -0.107. The maximum absolute atomic E-state index is 14.1. The fourth-order valence-corrected chi connectivity index (χ4v) is 7.82. The summed E-state index contributed by atoms with van der Waals surface area (Å²) in [6.07, 6.45) is 3.66. The number of thioether (sulfide) groups is 1. The summed E-state index contributed by atoms with van der Waals surface area (Å²) in [5, 5.41) is 2.48. The predicted molar refractivity (Wildman–Crippen MR) is 160 cm³/mol. The van der Waals surface area contributed by atoms with Crippen LogP contribution in [0.15, 0.2) is 65.7 Å². The lowest BCUT2D eigenvalue weighted by Gasteiger charge is -2.41. The first-order valence-electron chi connectivity index (χ1n) is 14.2. The molecule has 5 unspecified atom stereocenters. The molecule has 0 radical (unpaired) electrons. The number of nitrogens with zero attached hydrogens (tertiary/aromatic N) is 2. The molecule has 2 aliphatic heterocycles. The Bertz CT molecular complexity index is 1530. The smallest absolute Gasteiger partial charge is 0.234 e. The van der Waals surface area contributed by atoms with E-state index in [1.165, 1.54) is 11.8 Å². The second-order valence-electron chi connectivity index (χ2n) is 11.0. The SMILES string of the molecule is CCC(=O)N1CCCC(NC(=O)C2Sc3c(N)ccc4c3C2C(N)C(=O)C4(N)c2ccc(Oc3ccccn3)cc2)C1. The van der Waals surface area contributed by atoms with Gasteiger partial charge in [-0.05, 0) is 53.8 Å².